The Morgan fingerprint density at radius 2 is 1.68 bits per heavy atom. The fourth-order valence-electron chi connectivity index (χ4n) is 1.47. The Balaban J connectivity index is 3.13. The number of halogens is 2. The highest BCUT2D eigenvalue weighted by Crippen LogP contribution is 2.34. The lowest BCUT2D eigenvalue weighted by Crippen LogP contribution is -2.55. The van der Waals surface area contributed by atoms with Crippen LogP contribution in [-0.4, -0.2) is 53.2 Å². The summed E-state index contributed by atoms with van der Waals surface area (Å²) in [5, 5.41) is 42.8. The predicted octanol–water partition coefficient (Wildman–Crippen LogP) is -2.32. The first kappa shape index (κ1) is 16.2. The molecule has 0 amide bonds. The van der Waals surface area contributed by atoms with Crippen molar-refractivity contribution in [2.45, 2.75) is 5.79 Å². The van der Waals surface area contributed by atoms with E-state index in [-0.39, 0.29) is 32.0 Å². The van der Waals surface area contributed by atoms with Crippen molar-refractivity contribution < 1.29 is 25.2 Å². The van der Waals surface area contributed by atoms with Crippen molar-refractivity contribution in [1.82, 2.24) is 10.6 Å². The summed E-state index contributed by atoms with van der Waals surface area (Å²) in [5.41, 5.74) is -0.861. The molecule has 0 aromatic heterocycles. The largest absolute Gasteiger partial charge is 0.820 e. The first-order valence-corrected chi connectivity index (χ1v) is 6.11. The predicted molar refractivity (Wildman–Crippen MR) is 65.9 cm³/mol. The van der Waals surface area contributed by atoms with Gasteiger partial charge in [0, 0.05) is 13.1 Å². The quantitative estimate of drug-likeness (QED) is 0.349. The minimum Gasteiger partial charge on any atom is -0.820 e. The molecule has 1 aliphatic rings. The lowest BCUT2D eigenvalue weighted by Gasteiger charge is -2.41. The van der Waals surface area contributed by atoms with E-state index in [0.29, 0.717) is 0 Å². The van der Waals surface area contributed by atoms with Crippen molar-refractivity contribution in [3.8, 4) is 0 Å². The number of rotatable bonds is 6. The van der Waals surface area contributed by atoms with Crippen LogP contribution in [0.25, 0.3) is 0 Å². The van der Waals surface area contributed by atoms with E-state index >= 15 is 0 Å². The smallest absolute Gasteiger partial charge is 0.223 e. The highest BCUT2D eigenvalue weighted by atomic mass is 35.5. The Labute approximate surface area is 119 Å². The molecule has 0 fully saturated rings. The van der Waals surface area contributed by atoms with Gasteiger partial charge in [-0.3, -0.25) is 4.79 Å². The van der Waals surface area contributed by atoms with Crippen LogP contribution in [0, 0.1) is 0 Å². The summed E-state index contributed by atoms with van der Waals surface area (Å²) in [6.07, 6.45) is 0. The van der Waals surface area contributed by atoms with Gasteiger partial charge in [0.15, 0.2) is 0 Å². The van der Waals surface area contributed by atoms with Crippen LogP contribution in [0.3, 0.4) is 0 Å². The Bertz CT molecular complexity index is 434. The molecule has 0 bridgehead atoms. The molecular formula is C10H13Cl2N2O5-. The first-order chi connectivity index (χ1) is 8.87. The van der Waals surface area contributed by atoms with E-state index in [1.54, 1.807) is 0 Å². The summed E-state index contributed by atoms with van der Waals surface area (Å²) < 4.78 is 0. The number of aliphatic hydroxyl groups excluding tert-OH is 2. The zero-order valence-electron chi connectivity index (χ0n) is 9.74. The van der Waals surface area contributed by atoms with Crippen LogP contribution in [0.15, 0.2) is 21.5 Å². The zero-order valence-corrected chi connectivity index (χ0v) is 11.3. The molecule has 7 nitrogen and oxygen atoms in total. The van der Waals surface area contributed by atoms with Crippen LogP contribution in [0.5, 0.6) is 0 Å². The van der Waals surface area contributed by atoms with Gasteiger partial charge in [0.1, 0.15) is 10.7 Å². The van der Waals surface area contributed by atoms with Gasteiger partial charge in [-0.05, 0) is 0 Å². The molecule has 19 heavy (non-hydrogen) atoms. The molecule has 0 aromatic rings. The topological polar surface area (TPSA) is 125 Å². The van der Waals surface area contributed by atoms with Gasteiger partial charge in [0.2, 0.25) is 5.78 Å². The average molecular weight is 312 g/mol. The lowest BCUT2D eigenvalue weighted by atomic mass is 10.0. The van der Waals surface area contributed by atoms with Crippen LogP contribution < -0.4 is 15.7 Å². The highest BCUT2D eigenvalue weighted by Gasteiger charge is 2.37. The van der Waals surface area contributed by atoms with E-state index in [0.717, 1.165) is 0 Å². The maximum atomic E-state index is 12.0. The monoisotopic (exact) mass is 311 g/mol. The molecule has 1 aliphatic carbocycles. The molecule has 9 heteroatoms. The molecule has 0 spiro atoms. The molecule has 5 N–H and O–H groups in total. The lowest BCUT2D eigenvalue weighted by molar-refractivity contribution is -0.514. The second kappa shape index (κ2) is 6.56. The molecule has 0 aromatic carbocycles. The maximum absolute atomic E-state index is 12.0. The van der Waals surface area contributed by atoms with Crippen molar-refractivity contribution in [1.29, 1.82) is 0 Å². The molecular weight excluding hydrogens is 299 g/mol. The fourth-order valence-corrected chi connectivity index (χ4v) is 2.00. The zero-order chi connectivity index (χ0) is 14.6. The van der Waals surface area contributed by atoms with Gasteiger partial charge in [-0.2, -0.15) is 0 Å². The molecule has 0 saturated carbocycles. The number of allylic oxidation sites excluding steroid dienone is 1. The van der Waals surface area contributed by atoms with E-state index in [2.05, 4.69) is 10.6 Å². The number of hydrogen-bond donors (Lipinski definition) is 5. The van der Waals surface area contributed by atoms with E-state index in [1.807, 2.05) is 0 Å². The molecule has 1 rings (SSSR count). The normalized spacial score (nSPS) is 24.0. The number of aliphatic hydroxyl groups is 3. The number of carbonyl (C=O) groups is 1. The van der Waals surface area contributed by atoms with Crippen molar-refractivity contribution in [2.24, 2.45) is 0 Å². The standard InChI is InChI=1S/C10H13Cl2N2O5/c11-5-7(17)6(13-1-3-15)8(12)10(18,19)9(5)14-2-4-16/h13-16,18H,1-4H2/q-1. The third-order valence-corrected chi connectivity index (χ3v) is 3.13. The third-order valence-electron chi connectivity index (χ3n) is 2.33. The Kier molecular flexibility index (Phi) is 5.60. The third kappa shape index (κ3) is 3.19. The van der Waals surface area contributed by atoms with Gasteiger partial charge in [-0.1, -0.05) is 23.2 Å². The second-order valence-corrected chi connectivity index (χ2v) is 4.41. The van der Waals surface area contributed by atoms with Gasteiger partial charge < -0.3 is 31.1 Å². The summed E-state index contributed by atoms with van der Waals surface area (Å²) in [6.45, 7) is -0.728. The Morgan fingerprint density at radius 3 is 2.21 bits per heavy atom. The summed E-state index contributed by atoms with van der Waals surface area (Å²) in [7, 11) is 0. The van der Waals surface area contributed by atoms with Crippen molar-refractivity contribution >= 4 is 29.0 Å². The Morgan fingerprint density at radius 1 is 1.16 bits per heavy atom. The van der Waals surface area contributed by atoms with Crippen LogP contribution in [-0.2, 0) is 4.79 Å². The summed E-state index contributed by atoms with van der Waals surface area (Å²) in [6, 6.07) is 0. The molecule has 0 saturated heterocycles. The molecule has 0 heterocycles. The minimum atomic E-state index is -2.92. The number of ketones is 1. The molecule has 0 aliphatic heterocycles. The van der Waals surface area contributed by atoms with Crippen LogP contribution in [0.1, 0.15) is 0 Å². The number of nitrogens with one attached hydrogen (secondary N) is 2. The first-order valence-electron chi connectivity index (χ1n) is 5.35. The maximum Gasteiger partial charge on any atom is 0.223 e. The molecule has 1 unspecified atom stereocenters. The molecule has 1 atom stereocenters. The molecule has 108 valence electrons. The van der Waals surface area contributed by atoms with E-state index in [9.17, 15) is 15.0 Å². The highest BCUT2D eigenvalue weighted by molar-refractivity contribution is 6.48. The van der Waals surface area contributed by atoms with Gasteiger partial charge in [-0.25, -0.2) is 0 Å². The van der Waals surface area contributed by atoms with E-state index in [4.69, 9.17) is 33.4 Å². The molecule has 0 radical (unpaired) electrons. The fraction of sp³-hybridized carbons (Fsp3) is 0.500. The summed E-state index contributed by atoms with van der Waals surface area (Å²) in [4.78, 5) is 11.9. The number of carbonyl (C=O) groups excluding carboxylic acids is 1. The van der Waals surface area contributed by atoms with Crippen LogP contribution in [0.4, 0.5) is 0 Å². The van der Waals surface area contributed by atoms with Gasteiger partial charge in [0.25, 0.3) is 0 Å². The SMILES string of the molecule is O=C1C(Cl)=C(NCCO)C([O-])(O)C(Cl)=C1NCCO. The van der Waals surface area contributed by atoms with Crippen molar-refractivity contribution in [2.75, 3.05) is 26.3 Å². The van der Waals surface area contributed by atoms with Gasteiger partial charge in [-0.15, -0.1) is 0 Å². The van der Waals surface area contributed by atoms with E-state index in [1.165, 1.54) is 0 Å². The van der Waals surface area contributed by atoms with Crippen molar-refractivity contribution in [3.05, 3.63) is 21.5 Å². The average Bonchev–Trinajstić information content (AvgIpc) is 2.37. The van der Waals surface area contributed by atoms with Crippen LogP contribution >= 0.6 is 23.2 Å². The van der Waals surface area contributed by atoms with Crippen molar-refractivity contribution in [3.63, 3.8) is 0 Å². The number of hydrogen-bond acceptors (Lipinski definition) is 7. The van der Waals surface area contributed by atoms with Crippen LogP contribution in [0.2, 0.25) is 0 Å². The van der Waals surface area contributed by atoms with Gasteiger partial charge >= 0.3 is 0 Å². The Hall–Kier alpha value is -0.830. The minimum absolute atomic E-state index is 0.0308. The summed E-state index contributed by atoms with van der Waals surface area (Å²) >= 11 is 11.4. The second-order valence-electron chi connectivity index (χ2n) is 3.65. The number of Topliss-reactive ketones (excluding diaryl/α,β-unsaturated/α-hetero) is 1. The summed E-state index contributed by atoms with van der Waals surface area (Å²) in [5.74, 6) is -3.69. The van der Waals surface area contributed by atoms with E-state index < -0.39 is 27.3 Å². The van der Waals surface area contributed by atoms with Gasteiger partial charge in [0.05, 0.1) is 29.7 Å².